The average Bonchev–Trinajstić information content (AvgIpc) is 2.65. The van der Waals surface area contributed by atoms with Gasteiger partial charge in [0.1, 0.15) is 11.9 Å². The molecule has 1 saturated carbocycles. The van der Waals surface area contributed by atoms with E-state index >= 15 is 0 Å². The molecule has 1 aromatic carbocycles. The van der Waals surface area contributed by atoms with Crippen molar-refractivity contribution in [2.45, 2.75) is 37.8 Å². The van der Waals surface area contributed by atoms with Crippen molar-refractivity contribution < 1.29 is 14.3 Å². The van der Waals surface area contributed by atoms with E-state index < -0.39 is 0 Å². The van der Waals surface area contributed by atoms with Gasteiger partial charge in [-0.05, 0) is 49.9 Å². The molecule has 0 aliphatic heterocycles. The summed E-state index contributed by atoms with van der Waals surface area (Å²) in [7, 11) is 1.61. The van der Waals surface area contributed by atoms with Crippen molar-refractivity contribution in [1.82, 2.24) is 15.3 Å². The quantitative estimate of drug-likeness (QED) is 0.872. The second kappa shape index (κ2) is 8.32. The van der Waals surface area contributed by atoms with Crippen molar-refractivity contribution in [2.24, 2.45) is 0 Å². The van der Waals surface area contributed by atoms with Crippen molar-refractivity contribution in [1.29, 1.82) is 0 Å². The smallest absolute Gasteiger partial charge is 0.319 e. The first kappa shape index (κ1) is 17.0. The molecule has 2 aromatic rings. The summed E-state index contributed by atoms with van der Waals surface area (Å²) < 4.78 is 10.9. The number of methoxy groups -OCH3 is 1. The maximum atomic E-state index is 12.1. The number of nitrogens with one attached hydrogen (secondary N) is 2. The SMILES string of the molecule is COc1ccc(NC(=O)NC2CCC(Oc3cnccn3)CC2)cc1. The summed E-state index contributed by atoms with van der Waals surface area (Å²) in [4.78, 5) is 20.2. The van der Waals surface area contributed by atoms with Crippen LogP contribution in [-0.2, 0) is 0 Å². The molecule has 1 aliphatic rings. The molecule has 0 saturated heterocycles. The van der Waals surface area contributed by atoms with Gasteiger partial charge in [0.25, 0.3) is 0 Å². The molecule has 1 heterocycles. The summed E-state index contributed by atoms with van der Waals surface area (Å²) in [6, 6.07) is 7.20. The van der Waals surface area contributed by atoms with Gasteiger partial charge in [0.15, 0.2) is 0 Å². The number of ether oxygens (including phenoxy) is 2. The van der Waals surface area contributed by atoms with Gasteiger partial charge in [-0.25, -0.2) is 9.78 Å². The molecular formula is C18H22N4O3. The largest absolute Gasteiger partial charge is 0.497 e. The van der Waals surface area contributed by atoms with Crippen molar-refractivity contribution in [2.75, 3.05) is 12.4 Å². The number of nitrogens with zero attached hydrogens (tertiary/aromatic N) is 2. The summed E-state index contributed by atoms with van der Waals surface area (Å²) in [5.74, 6) is 1.31. The number of urea groups is 1. The van der Waals surface area contributed by atoms with E-state index in [0.717, 1.165) is 37.1 Å². The Kier molecular flexibility index (Phi) is 5.66. The predicted molar refractivity (Wildman–Crippen MR) is 93.9 cm³/mol. The van der Waals surface area contributed by atoms with E-state index in [0.29, 0.717) is 5.88 Å². The van der Waals surface area contributed by atoms with Crippen LogP contribution in [0.3, 0.4) is 0 Å². The molecule has 0 bridgehead atoms. The second-order valence-corrected chi connectivity index (χ2v) is 5.96. The number of hydrogen-bond donors (Lipinski definition) is 2. The first-order valence-corrected chi connectivity index (χ1v) is 8.37. The number of amides is 2. The third kappa shape index (κ3) is 5.07. The maximum absolute atomic E-state index is 12.1. The lowest BCUT2D eigenvalue weighted by Crippen LogP contribution is -2.41. The maximum Gasteiger partial charge on any atom is 0.319 e. The highest BCUT2D eigenvalue weighted by Gasteiger charge is 2.24. The van der Waals surface area contributed by atoms with Gasteiger partial charge in [-0.2, -0.15) is 0 Å². The monoisotopic (exact) mass is 342 g/mol. The lowest BCUT2D eigenvalue weighted by Gasteiger charge is -2.29. The number of hydrogen-bond acceptors (Lipinski definition) is 5. The summed E-state index contributed by atoms with van der Waals surface area (Å²) in [6.07, 6.45) is 8.49. The second-order valence-electron chi connectivity index (χ2n) is 5.96. The van der Waals surface area contributed by atoms with Crippen LogP contribution >= 0.6 is 0 Å². The van der Waals surface area contributed by atoms with Crippen molar-refractivity contribution in [3.8, 4) is 11.6 Å². The number of carbonyl (C=O) groups excluding carboxylic acids is 1. The Labute approximate surface area is 146 Å². The van der Waals surface area contributed by atoms with E-state index in [1.807, 2.05) is 24.3 Å². The Bertz CT molecular complexity index is 670. The zero-order chi connectivity index (χ0) is 17.5. The molecule has 1 fully saturated rings. The Balaban J connectivity index is 1.41. The topological polar surface area (TPSA) is 85.4 Å². The standard InChI is InChI=1S/C18H22N4O3/c1-24-15-6-2-13(3-7-15)21-18(23)22-14-4-8-16(9-5-14)25-17-12-19-10-11-20-17/h2-3,6-7,10-12,14,16H,4-5,8-9H2,1H3,(H2,21,22,23). The van der Waals surface area contributed by atoms with Crippen LogP contribution < -0.4 is 20.1 Å². The molecule has 7 heteroatoms. The van der Waals surface area contributed by atoms with E-state index in [-0.39, 0.29) is 18.2 Å². The third-order valence-electron chi connectivity index (χ3n) is 4.18. The van der Waals surface area contributed by atoms with Crippen LogP contribution in [0.1, 0.15) is 25.7 Å². The van der Waals surface area contributed by atoms with Gasteiger partial charge in [-0.1, -0.05) is 0 Å². The Morgan fingerprint density at radius 3 is 2.52 bits per heavy atom. The molecule has 3 rings (SSSR count). The van der Waals surface area contributed by atoms with Crippen LogP contribution in [0.4, 0.5) is 10.5 Å². The van der Waals surface area contributed by atoms with Gasteiger partial charge in [0.05, 0.1) is 13.3 Å². The molecule has 0 atom stereocenters. The highest BCUT2D eigenvalue weighted by atomic mass is 16.5. The summed E-state index contributed by atoms with van der Waals surface area (Å²) in [5, 5.41) is 5.85. The predicted octanol–water partition coefficient (Wildman–Crippen LogP) is 3.00. The van der Waals surface area contributed by atoms with E-state index in [2.05, 4.69) is 20.6 Å². The Morgan fingerprint density at radius 1 is 1.12 bits per heavy atom. The Hall–Kier alpha value is -2.83. The first-order chi connectivity index (χ1) is 12.2. The summed E-state index contributed by atoms with van der Waals surface area (Å²) in [6.45, 7) is 0. The molecule has 7 nitrogen and oxygen atoms in total. The molecule has 1 aliphatic carbocycles. The van der Waals surface area contributed by atoms with Crippen molar-refractivity contribution in [3.05, 3.63) is 42.9 Å². The minimum atomic E-state index is -0.191. The van der Waals surface area contributed by atoms with Gasteiger partial charge in [0, 0.05) is 24.1 Å². The van der Waals surface area contributed by atoms with Gasteiger partial charge < -0.3 is 20.1 Å². The number of anilines is 1. The fraction of sp³-hybridized carbons (Fsp3) is 0.389. The molecule has 0 unspecified atom stereocenters. The fourth-order valence-corrected chi connectivity index (χ4v) is 2.87. The zero-order valence-electron chi connectivity index (χ0n) is 14.1. The number of carbonyl (C=O) groups is 1. The van der Waals surface area contributed by atoms with E-state index in [1.54, 1.807) is 25.7 Å². The van der Waals surface area contributed by atoms with Crippen molar-refractivity contribution in [3.63, 3.8) is 0 Å². The zero-order valence-corrected chi connectivity index (χ0v) is 14.1. The molecule has 0 radical (unpaired) electrons. The van der Waals surface area contributed by atoms with Crippen LogP contribution in [0.5, 0.6) is 11.6 Å². The summed E-state index contributed by atoms with van der Waals surface area (Å²) >= 11 is 0. The molecule has 132 valence electrons. The lowest BCUT2D eigenvalue weighted by molar-refractivity contribution is 0.135. The van der Waals surface area contributed by atoms with Gasteiger partial charge >= 0.3 is 6.03 Å². The summed E-state index contributed by atoms with van der Waals surface area (Å²) in [5.41, 5.74) is 0.734. The van der Waals surface area contributed by atoms with E-state index in [9.17, 15) is 4.79 Å². The van der Waals surface area contributed by atoms with Crippen LogP contribution in [0.2, 0.25) is 0 Å². The van der Waals surface area contributed by atoms with Gasteiger partial charge in [-0.15, -0.1) is 0 Å². The van der Waals surface area contributed by atoms with Gasteiger partial charge in [-0.3, -0.25) is 4.98 Å². The van der Waals surface area contributed by atoms with E-state index in [4.69, 9.17) is 9.47 Å². The van der Waals surface area contributed by atoms with Gasteiger partial charge in [0.2, 0.25) is 5.88 Å². The normalized spacial score (nSPS) is 19.7. The van der Waals surface area contributed by atoms with Crippen LogP contribution in [0, 0.1) is 0 Å². The Morgan fingerprint density at radius 2 is 1.88 bits per heavy atom. The highest BCUT2D eigenvalue weighted by Crippen LogP contribution is 2.22. The molecular weight excluding hydrogens is 320 g/mol. The molecule has 2 amide bonds. The molecule has 25 heavy (non-hydrogen) atoms. The minimum Gasteiger partial charge on any atom is -0.497 e. The minimum absolute atomic E-state index is 0.124. The molecule has 2 N–H and O–H groups in total. The highest BCUT2D eigenvalue weighted by molar-refractivity contribution is 5.89. The van der Waals surface area contributed by atoms with Crippen LogP contribution in [0.15, 0.2) is 42.9 Å². The average molecular weight is 342 g/mol. The van der Waals surface area contributed by atoms with E-state index in [1.165, 1.54) is 0 Å². The lowest BCUT2D eigenvalue weighted by atomic mass is 9.93. The fourth-order valence-electron chi connectivity index (χ4n) is 2.87. The number of aromatic nitrogens is 2. The number of benzene rings is 1. The first-order valence-electron chi connectivity index (χ1n) is 8.37. The third-order valence-corrected chi connectivity index (χ3v) is 4.18. The molecule has 0 spiro atoms. The van der Waals surface area contributed by atoms with Crippen molar-refractivity contribution >= 4 is 11.7 Å². The van der Waals surface area contributed by atoms with Crippen LogP contribution in [-0.4, -0.2) is 35.3 Å². The number of rotatable bonds is 5. The molecule has 1 aromatic heterocycles. The van der Waals surface area contributed by atoms with Crippen LogP contribution in [0.25, 0.3) is 0 Å².